The highest BCUT2D eigenvalue weighted by Crippen LogP contribution is 2.38. The lowest BCUT2D eigenvalue weighted by Crippen LogP contribution is -2.50. The third-order valence-corrected chi connectivity index (χ3v) is 6.27. The number of likely N-dealkylation sites (tertiary alicyclic amines) is 1. The summed E-state index contributed by atoms with van der Waals surface area (Å²) in [6, 6.07) is 11.5. The van der Waals surface area contributed by atoms with Crippen LogP contribution in [0.25, 0.3) is 10.8 Å². The van der Waals surface area contributed by atoms with Crippen molar-refractivity contribution in [1.29, 1.82) is 0 Å². The molecule has 0 aromatic heterocycles. The largest absolute Gasteiger partial charge is 0.469 e. The molecule has 0 amide bonds. The van der Waals surface area contributed by atoms with E-state index in [9.17, 15) is 9.32 Å². The number of carbonyl (C=O) groups is 1. The summed E-state index contributed by atoms with van der Waals surface area (Å²) in [7, 11) is 1.49. The van der Waals surface area contributed by atoms with E-state index in [4.69, 9.17) is 4.74 Å². The summed E-state index contributed by atoms with van der Waals surface area (Å²) in [6.07, 6.45) is 4.34. The Morgan fingerprint density at radius 2 is 1.89 bits per heavy atom. The number of hydrogen-bond acceptors (Lipinski definition) is 4. The summed E-state index contributed by atoms with van der Waals surface area (Å²) < 4.78 is 17.2. The Bertz CT molecular complexity index is 818. The number of benzene rings is 2. The molecule has 4 rings (SSSR count). The van der Waals surface area contributed by atoms with Gasteiger partial charge >= 0.3 is 5.97 Å². The Hall–Kier alpha value is -2.14. The smallest absolute Gasteiger partial charge is 0.308 e. The molecule has 2 atom stereocenters. The fraction of sp³-hybridized carbons (Fsp3) is 0.500. The van der Waals surface area contributed by atoms with Crippen molar-refractivity contribution < 1.29 is 19.0 Å². The predicted octanol–water partition coefficient (Wildman–Crippen LogP) is 4.51. The molecule has 5 heteroatoms. The summed E-state index contributed by atoms with van der Waals surface area (Å²) in [5, 5.41) is 2.07. The predicted molar refractivity (Wildman–Crippen MR) is 102 cm³/mol. The van der Waals surface area contributed by atoms with Crippen LogP contribution in [-0.2, 0) is 16.1 Å². The van der Waals surface area contributed by atoms with Gasteiger partial charge in [0.25, 0.3) is 0 Å². The Labute approximate surface area is 159 Å². The summed E-state index contributed by atoms with van der Waals surface area (Å²) in [4.78, 5) is 18.1. The van der Waals surface area contributed by atoms with Gasteiger partial charge in [-0.25, -0.2) is 0 Å². The zero-order chi connectivity index (χ0) is 18.8. The van der Waals surface area contributed by atoms with E-state index >= 15 is 0 Å². The second-order valence-electron chi connectivity index (χ2n) is 8.02. The molecule has 0 radical (unpaired) electrons. The molecule has 0 spiro atoms. The van der Waals surface area contributed by atoms with Gasteiger partial charge in [-0.2, -0.15) is 0 Å². The Morgan fingerprint density at radius 3 is 2.67 bits per heavy atom. The van der Waals surface area contributed by atoms with E-state index in [1.54, 1.807) is 12.1 Å². The fourth-order valence-corrected chi connectivity index (χ4v) is 4.75. The Kier molecular flexibility index (Phi) is 5.30. The van der Waals surface area contributed by atoms with Crippen LogP contribution in [0.5, 0.6) is 5.75 Å². The summed E-state index contributed by atoms with van der Waals surface area (Å²) in [6.45, 7) is 3.14. The van der Waals surface area contributed by atoms with Crippen LogP contribution in [0.15, 0.2) is 36.4 Å². The standard InChI is InChI=1S/C22H26FNO3/c1-26-22(25)19-4-2-3-16(10-19)20-13-24(14-20)12-15-5-6-18-11-21(27-23)8-7-17(18)9-15/h5-9,11,16,19-20H,2-4,10,12-14H2,1H3. The number of carbonyl (C=O) groups excluding carboxylic acids is 1. The maximum absolute atomic E-state index is 12.3. The van der Waals surface area contributed by atoms with Crippen molar-refractivity contribution in [3.05, 3.63) is 42.0 Å². The van der Waals surface area contributed by atoms with Crippen molar-refractivity contribution in [2.75, 3.05) is 20.2 Å². The lowest BCUT2D eigenvalue weighted by molar-refractivity contribution is -0.147. The molecular weight excluding hydrogens is 345 g/mol. The molecule has 1 heterocycles. The van der Waals surface area contributed by atoms with Gasteiger partial charge in [0.1, 0.15) is 0 Å². The first-order valence-electron chi connectivity index (χ1n) is 9.77. The molecule has 2 aliphatic rings. The van der Waals surface area contributed by atoms with Crippen molar-refractivity contribution in [3.8, 4) is 5.75 Å². The number of methoxy groups -OCH3 is 1. The summed E-state index contributed by atoms with van der Waals surface area (Å²) in [5.74, 6) is 1.64. The van der Waals surface area contributed by atoms with E-state index in [1.165, 1.54) is 19.1 Å². The molecule has 1 saturated carbocycles. The summed E-state index contributed by atoms with van der Waals surface area (Å²) >= 11 is 0. The van der Waals surface area contributed by atoms with E-state index in [0.29, 0.717) is 11.8 Å². The minimum atomic E-state index is -0.0339. The Balaban J connectivity index is 1.32. The normalized spacial score (nSPS) is 23.8. The van der Waals surface area contributed by atoms with Gasteiger partial charge in [-0.1, -0.05) is 31.0 Å². The average Bonchev–Trinajstić information content (AvgIpc) is 2.69. The SMILES string of the molecule is COC(=O)C1CCCC(C2CN(Cc3ccc4cc(OF)ccc4c3)C2)C1. The fourth-order valence-electron chi connectivity index (χ4n) is 4.75. The first-order valence-corrected chi connectivity index (χ1v) is 9.77. The maximum atomic E-state index is 12.3. The quantitative estimate of drug-likeness (QED) is 0.725. The van der Waals surface area contributed by atoms with Crippen LogP contribution in [-0.4, -0.2) is 31.1 Å². The highest BCUT2D eigenvalue weighted by atomic mass is 19.3. The highest BCUT2D eigenvalue weighted by molar-refractivity contribution is 5.84. The molecule has 144 valence electrons. The number of ether oxygens (including phenoxy) is 1. The van der Waals surface area contributed by atoms with Gasteiger partial charge in [0, 0.05) is 24.2 Å². The van der Waals surface area contributed by atoms with Crippen LogP contribution in [0, 0.1) is 17.8 Å². The molecule has 2 unspecified atom stereocenters. The molecule has 0 N–H and O–H groups in total. The molecule has 1 aliphatic heterocycles. The molecule has 1 aliphatic carbocycles. The molecule has 2 aromatic rings. The third-order valence-electron chi connectivity index (χ3n) is 6.27. The van der Waals surface area contributed by atoms with Crippen molar-refractivity contribution in [2.45, 2.75) is 32.2 Å². The molecule has 1 saturated heterocycles. The van der Waals surface area contributed by atoms with E-state index in [1.807, 2.05) is 12.1 Å². The molecule has 0 bridgehead atoms. The highest BCUT2D eigenvalue weighted by Gasteiger charge is 2.37. The minimum Gasteiger partial charge on any atom is -0.469 e. The minimum absolute atomic E-state index is 0.0339. The number of halogens is 1. The zero-order valence-electron chi connectivity index (χ0n) is 15.7. The summed E-state index contributed by atoms with van der Waals surface area (Å²) in [5.41, 5.74) is 1.27. The van der Waals surface area contributed by atoms with Gasteiger partial charge in [-0.15, -0.1) is 0 Å². The average molecular weight is 371 g/mol. The Morgan fingerprint density at radius 1 is 1.11 bits per heavy atom. The van der Waals surface area contributed by atoms with Gasteiger partial charge in [0.15, 0.2) is 5.75 Å². The van der Waals surface area contributed by atoms with Crippen molar-refractivity contribution >= 4 is 16.7 Å². The third kappa shape index (κ3) is 3.93. The van der Waals surface area contributed by atoms with Gasteiger partial charge in [0.05, 0.1) is 13.0 Å². The van der Waals surface area contributed by atoms with Gasteiger partial charge in [0.2, 0.25) is 0 Å². The number of esters is 1. The zero-order valence-corrected chi connectivity index (χ0v) is 15.7. The van der Waals surface area contributed by atoms with Gasteiger partial charge in [-0.05, 0) is 59.2 Å². The van der Waals surface area contributed by atoms with Crippen LogP contribution in [0.2, 0.25) is 0 Å². The monoisotopic (exact) mass is 371 g/mol. The molecule has 2 fully saturated rings. The molecular formula is C22H26FNO3. The van der Waals surface area contributed by atoms with E-state index in [0.717, 1.165) is 49.7 Å². The lowest BCUT2D eigenvalue weighted by atomic mass is 9.72. The van der Waals surface area contributed by atoms with Crippen molar-refractivity contribution in [2.24, 2.45) is 17.8 Å². The number of nitrogens with zero attached hydrogens (tertiary/aromatic N) is 1. The van der Waals surface area contributed by atoms with Gasteiger partial charge < -0.3 is 4.74 Å². The van der Waals surface area contributed by atoms with Crippen LogP contribution >= 0.6 is 0 Å². The van der Waals surface area contributed by atoms with Crippen LogP contribution in [0.1, 0.15) is 31.2 Å². The van der Waals surface area contributed by atoms with E-state index in [-0.39, 0.29) is 17.6 Å². The number of hydrogen-bond donors (Lipinski definition) is 0. The van der Waals surface area contributed by atoms with E-state index in [2.05, 4.69) is 22.0 Å². The first-order chi connectivity index (χ1) is 13.2. The molecule has 27 heavy (non-hydrogen) atoms. The van der Waals surface area contributed by atoms with E-state index < -0.39 is 0 Å². The van der Waals surface area contributed by atoms with Crippen molar-refractivity contribution in [1.82, 2.24) is 4.90 Å². The van der Waals surface area contributed by atoms with Crippen molar-refractivity contribution in [3.63, 3.8) is 0 Å². The van der Waals surface area contributed by atoms with Crippen LogP contribution < -0.4 is 4.94 Å². The number of rotatable bonds is 5. The maximum Gasteiger partial charge on any atom is 0.308 e. The topological polar surface area (TPSA) is 38.8 Å². The first kappa shape index (κ1) is 18.2. The molecule has 2 aromatic carbocycles. The van der Waals surface area contributed by atoms with Crippen LogP contribution in [0.3, 0.4) is 0 Å². The second kappa shape index (κ2) is 7.85. The van der Waals surface area contributed by atoms with Crippen LogP contribution in [0.4, 0.5) is 4.53 Å². The molecule has 4 nitrogen and oxygen atoms in total. The van der Waals surface area contributed by atoms with Gasteiger partial charge in [-0.3, -0.25) is 14.6 Å². The second-order valence-corrected chi connectivity index (χ2v) is 8.02. The number of fused-ring (bicyclic) bond motifs is 1. The lowest BCUT2D eigenvalue weighted by Gasteiger charge is -2.45.